The van der Waals surface area contributed by atoms with Crippen molar-refractivity contribution in [3.05, 3.63) is 34.3 Å². The normalized spacial score (nSPS) is 16.1. The first-order chi connectivity index (χ1) is 9.16. The Balaban J connectivity index is 1.82. The van der Waals surface area contributed by atoms with Crippen molar-refractivity contribution in [2.75, 3.05) is 6.61 Å². The fraction of sp³-hybridized carbons (Fsp3) is 0.467. The zero-order valence-electron chi connectivity index (χ0n) is 10.7. The molecular weight excluding hydrogens is 308 g/mol. The van der Waals surface area contributed by atoms with Crippen molar-refractivity contribution in [3.8, 4) is 0 Å². The highest BCUT2D eigenvalue weighted by atomic mass is 79.9. The average molecular weight is 325 g/mol. The fourth-order valence-corrected chi connectivity index (χ4v) is 2.58. The van der Waals surface area contributed by atoms with E-state index in [0.29, 0.717) is 5.56 Å². The molecule has 102 valence electrons. The third-order valence-electron chi connectivity index (χ3n) is 3.45. The number of rotatable bonds is 4. The SMILES string of the molecule is O=C(COC(=O)C1CCCCC1)c1ccc(Br)cc1. The minimum atomic E-state index is -0.217. The molecule has 1 aromatic carbocycles. The maximum Gasteiger partial charge on any atom is 0.309 e. The van der Waals surface area contributed by atoms with Crippen LogP contribution in [0.3, 0.4) is 0 Å². The zero-order valence-corrected chi connectivity index (χ0v) is 12.3. The van der Waals surface area contributed by atoms with Crippen molar-refractivity contribution in [2.24, 2.45) is 5.92 Å². The van der Waals surface area contributed by atoms with Crippen LogP contribution < -0.4 is 0 Å². The molecule has 0 aromatic heterocycles. The molecule has 0 aliphatic heterocycles. The quantitative estimate of drug-likeness (QED) is 0.625. The summed E-state index contributed by atoms with van der Waals surface area (Å²) in [6.45, 7) is -0.156. The van der Waals surface area contributed by atoms with Gasteiger partial charge in [0.05, 0.1) is 5.92 Å². The highest BCUT2D eigenvalue weighted by Crippen LogP contribution is 2.24. The van der Waals surface area contributed by atoms with E-state index >= 15 is 0 Å². The number of Topliss-reactive ketones (excluding diaryl/α,β-unsaturated/α-hetero) is 1. The molecule has 2 rings (SSSR count). The van der Waals surface area contributed by atoms with E-state index < -0.39 is 0 Å². The molecule has 3 nitrogen and oxygen atoms in total. The second kappa shape index (κ2) is 6.85. The zero-order chi connectivity index (χ0) is 13.7. The first-order valence-corrected chi connectivity index (χ1v) is 7.41. The Morgan fingerprint density at radius 2 is 1.74 bits per heavy atom. The summed E-state index contributed by atoms with van der Waals surface area (Å²) >= 11 is 3.31. The number of esters is 1. The molecule has 1 aliphatic rings. The van der Waals surface area contributed by atoms with Crippen LogP contribution in [0.5, 0.6) is 0 Å². The standard InChI is InChI=1S/C15H17BrO3/c16-13-8-6-11(7-9-13)14(17)10-19-15(18)12-4-2-1-3-5-12/h6-9,12H,1-5,10H2. The van der Waals surface area contributed by atoms with Crippen LogP contribution in [0.1, 0.15) is 42.5 Å². The first kappa shape index (κ1) is 14.3. The Kier molecular flexibility index (Phi) is 5.14. The number of halogens is 1. The molecule has 4 heteroatoms. The van der Waals surface area contributed by atoms with E-state index in [1.165, 1.54) is 6.42 Å². The Morgan fingerprint density at radius 3 is 2.37 bits per heavy atom. The first-order valence-electron chi connectivity index (χ1n) is 6.62. The lowest BCUT2D eigenvalue weighted by Gasteiger charge is -2.19. The van der Waals surface area contributed by atoms with Crippen LogP contribution in [0.4, 0.5) is 0 Å². The molecule has 0 unspecified atom stereocenters. The predicted molar refractivity (Wildman–Crippen MR) is 76.0 cm³/mol. The van der Waals surface area contributed by atoms with E-state index in [1.807, 2.05) is 0 Å². The van der Waals surface area contributed by atoms with Gasteiger partial charge in [0.15, 0.2) is 12.4 Å². The summed E-state index contributed by atoms with van der Waals surface area (Å²) in [5.74, 6) is -0.381. The van der Waals surface area contributed by atoms with Gasteiger partial charge in [-0.05, 0) is 25.0 Å². The van der Waals surface area contributed by atoms with Crippen LogP contribution in [0.25, 0.3) is 0 Å². The van der Waals surface area contributed by atoms with Crippen molar-refractivity contribution in [3.63, 3.8) is 0 Å². The van der Waals surface area contributed by atoms with Gasteiger partial charge in [0.25, 0.3) is 0 Å². The summed E-state index contributed by atoms with van der Waals surface area (Å²) in [6, 6.07) is 7.05. The maximum absolute atomic E-state index is 11.9. The van der Waals surface area contributed by atoms with E-state index in [9.17, 15) is 9.59 Å². The van der Waals surface area contributed by atoms with Gasteiger partial charge >= 0.3 is 5.97 Å². The van der Waals surface area contributed by atoms with E-state index in [1.54, 1.807) is 24.3 Å². The predicted octanol–water partition coefficient (Wildman–Crippen LogP) is 3.76. The molecule has 1 aliphatic carbocycles. The third-order valence-corrected chi connectivity index (χ3v) is 3.98. The Bertz CT molecular complexity index is 447. The Labute approximate surface area is 121 Å². The summed E-state index contributed by atoms with van der Waals surface area (Å²) in [4.78, 5) is 23.7. The minimum absolute atomic E-state index is 0.00790. The molecule has 0 amide bonds. The van der Waals surface area contributed by atoms with Crippen LogP contribution in [0.15, 0.2) is 28.7 Å². The van der Waals surface area contributed by atoms with Gasteiger partial charge in [-0.2, -0.15) is 0 Å². The molecule has 0 heterocycles. The number of benzene rings is 1. The van der Waals surface area contributed by atoms with Crippen LogP contribution in [0.2, 0.25) is 0 Å². The number of carbonyl (C=O) groups is 2. The lowest BCUT2D eigenvalue weighted by molar-refractivity contribution is -0.148. The van der Waals surface area contributed by atoms with Gasteiger partial charge in [-0.15, -0.1) is 0 Å². The Hall–Kier alpha value is -1.16. The molecule has 0 atom stereocenters. The van der Waals surface area contributed by atoms with Crippen LogP contribution in [0, 0.1) is 5.92 Å². The van der Waals surface area contributed by atoms with Gasteiger partial charge in [-0.25, -0.2) is 0 Å². The van der Waals surface area contributed by atoms with Crippen molar-refractivity contribution < 1.29 is 14.3 Å². The molecule has 19 heavy (non-hydrogen) atoms. The summed E-state index contributed by atoms with van der Waals surface area (Å²) in [6.07, 6.45) is 5.15. The summed E-state index contributed by atoms with van der Waals surface area (Å²) in [5.41, 5.74) is 0.569. The van der Waals surface area contributed by atoms with E-state index in [2.05, 4.69) is 15.9 Å². The molecule has 0 N–H and O–H groups in total. The van der Waals surface area contributed by atoms with Crippen molar-refractivity contribution in [2.45, 2.75) is 32.1 Å². The molecule has 0 saturated heterocycles. The van der Waals surface area contributed by atoms with Gasteiger partial charge in [0.1, 0.15) is 0 Å². The largest absolute Gasteiger partial charge is 0.457 e. The van der Waals surface area contributed by atoms with Gasteiger partial charge in [0.2, 0.25) is 0 Å². The van der Waals surface area contributed by atoms with Crippen molar-refractivity contribution >= 4 is 27.7 Å². The fourth-order valence-electron chi connectivity index (χ4n) is 2.31. The third kappa shape index (κ3) is 4.16. The van der Waals surface area contributed by atoms with Crippen LogP contribution in [-0.2, 0) is 9.53 Å². The average Bonchev–Trinajstić information content (AvgIpc) is 2.46. The number of ketones is 1. The van der Waals surface area contributed by atoms with Crippen molar-refractivity contribution in [1.29, 1.82) is 0 Å². The van der Waals surface area contributed by atoms with Crippen LogP contribution >= 0.6 is 15.9 Å². The maximum atomic E-state index is 11.9. The lowest BCUT2D eigenvalue weighted by atomic mass is 9.89. The number of carbonyl (C=O) groups excluding carboxylic acids is 2. The van der Waals surface area contributed by atoms with Gasteiger partial charge in [-0.1, -0.05) is 47.3 Å². The smallest absolute Gasteiger partial charge is 0.309 e. The van der Waals surface area contributed by atoms with Crippen LogP contribution in [-0.4, -0.2) is 18.4 Å². The van der Waals surface area contributed by atoms with E-state index in [4.69, 9.17) is 4.74 Å². The van der Waals surface area contributed by atoms with E-state index in [-0.39, 0.29) is 24.3 Å². The molecule has 0 radical (unpaired) electrons. The van der Waals surface area contributed by atoms with Gasteiger partial charge < -0.3 is 4.74 Å². The van der Waals surface area contributed by atoms with Gasteiger partial charge in [0, 0.05) is 10.0 Å². The van der Waals surface area contributed by atoms with Gasteiger partial charge in [-0.3, -0.25) is 9.59 Å². The Morgan fingerprint density at radius 1 is 1.11 bits per heavy atom. The second-order valence-electron chi connectivity index (χ2n) is 4.87. The lowest BCUT2D eigenvalue weighted by Crippen LogP contribution is -2.23. The summed E-state index contributed by atoms with van der Waals surface area (Å²) in [7, 11) is 0. The molecule has 0 bridgehead atoms. The highest BCUT2D eigenvalue weighted by Gasteiger charge is 2.23. The van der Waals surface area contributed by atoms with Crippen molar-refractivity contribution in [1.82, 2.24) is 0 Å². The summed E-state index contributed by atoms with van der Waals surface area (Å²) < 4.78 is 6.05. The second-order valence-corrected chi connectivity index (χ2v) is 5.79. The number of hydrogen-bond donors (Lipinski definition) is 0. The monoisotopic (exact) mass is 324 g/mol. The molecule has 0 spiro atoms. The highest BCUT2D eigenvalue weighted by molar-refractivity contribution is 9.10. The number of ether oxygens (including phenoxy) is 1. The van der Waals surface area contributed by atoms with E-state index in [0.717, 1.165) is 30.2 Å². The number of hydrogen-bond acceptors (Lipinski definition) is 3. The topological polar surface area (TPSA) is 43.4 Å². The minimum Gasteiger partial charge on any atom is -0.457 e. The molecule has 1 aromatic rings. The molecule has 1 fully saturated rings. The summed E-state index contributed by atoms with van der Waals surface area (Å²) in [5, 5.41) is 0. The molecule has 1 saturated carbocycles. The molecular formula is C15H17BrO3.